The number of pyridine rings is 1. The fourth-order valence-corrected chi connectivity index (χ4v) is 1.28. The Hall–Kier alpha value is -1.54. The van der Waals surface area contributed by atoms with Crippen LogP contribution in [-0.4, -0.2) is 23.6 Å². The van der Waals surface area contributed by atoms with Crippen molar-refractivity contribution in [2.24, 2.45) is 5.73 Å². The van der Waals surface area contributed by atoms with Crippen LogP contribution < -0.4 is 15.2 Å². The van der Waals surface area contributed by atoms with Crippen molar-refractivity contribution in [1.82, 2.24) is 4.98 Å². The zero-order chi connectivity index (χ0) is 13.1. The molecule has 1 aromatic rings. The summed E-state index contributed by atoms with van der Waals surface area (Å²) in [6, 6.07) is 0. The van der Waals surface area contributed by atoms with Crippen LogP contribution in [0.5, 0.6) is 11.5 Å². The Bertz CT molecular complexity index is 396. The molecule has 0 saturated heterocycles. The van der Waals surface area contributed by atoms with Crippen molar-refractivity contribution in [3.8, 4) is 11.5 Å². The van der Waals surface area contributed by atoms with E-state index in [-0.39, 0.29) is 23.6 Å². The van der Waals surface area contributed by atoms with E-state index in [0.29, 0.717) is 0 Å². The quantitative estimate of drug-likeness (QED) is 0.833. The molecule has 0 saturated carbocycles. The number of aliphatic hydroxyl groups is 1. The maximum Gasteiger partial charge on any atom is 0.573 e. The van der Waals surface area contributed by atoms with Crippen molar-refractivity contribution in [1.29, 1.82) is 0 Å². The fraction of sp³-hybridized carbons (Fsp3) is 0.444. The smallest absolute Gasteiger partial charge is 0.495 e. The zero-order valence-electron chi connectivity index (χ0n) is 8.91. The molecule has 5 nitrogen and oxygen atoms in total. The van der Waals surface area contributed by atoms with Crippen LogP contribution >= 0.6 is 0 Å². The van der Waals surface area contributed by atoms with Gasteiger partial charge in [-0.1, -0.05) is 0 Å². The highest BCUT2D eigenvalue weighted by Crippen LogP contribution is 2.34. The predicted molar refractivity (Wildman–Crippen MR) is 51.3 cm³/mol. The highest BCUT2D eigenvalue weighted by molar-refractivity contribution is 5.46. The lowest BCUT2D eigenvalue weighted by atomic mass is 10.2. The first-order valence-electron chi connectivity index (χ1n) is 4.54. The number of alkyl halides is 3. The molecule has 0 spiro atoms. The van der Waals surface area contributed by atoms with E-state index in [1.807, 2.05) is 0 Å². The molecular weight excluding hydrogens is 241 g/mol. The van der Waals surface area contributed by atoms with Crippen molar-refractivity contribution in [3.05, 3.63) is 17.5 Å². The fourth-order valence-electron chi connectivity index (χ4n) is 1.28. The van der Waals surface area contributed by atoms with Crippen LogP contribution in [0.25, 0.3) is 0 Å². The van der Waals surface area contributed by atoms with Crippen LogP contribution in [0.2, 0.25) is 0 Å². The summed E-state index contributed by atoms with van der Waals surface area (Å²) in [5.74, 6) is -0.536. The first kappa shape index (κ1) is 13.5. The van der Waals surface area contributed by atoms with Crippen LogP contribution in [0.1, 0.15) is 11.3 Å². The molecular formula is C9H11F3N2O3. The predicted octanol–water partition coefficient (Wildman–Crippen LogP) is 0.940. The molecule has 0 aromatic carbocycles. The van der Waals surface area contributed by atoms with Gasteiger partial charge in [-0.2, -0.15) is 0 Å². The minimum atomic E-state index is -4.89. The molecule has 0 aliphatic carbocycles. The Labute approximate surface area is 95.0 Å². The molecule has 0 unspecified atom stereocenters. The van der Waals surface area contributed by atoms with Gasteiger partial charge in [-0.15, -0.1) is 13.2 Å². The summed E-state index contributed by atoms with van der Waals surface area (Å²) >= 11 is 0. The van der Waals surface area contributed by atoms with Gasteiger partial charge >= 0.3 is 6.36 Å². The molecule has 0 aliphatic rings. The first-order valence-corrected chi connectivity index (χ1v) is 4.54. The van der Waals surface area contributed by atoms with Gasteiger partial charge in [0.2, 0.25) is 0 Å². The second-order valence-corrected chi connectivity index (χ2v) is 2.99. The number of hydrogen-bond donors (Lipinski definition) is 2. The lowest BCUT2D eigenvalue weighted by Gasteiger charge is -2.17. The molecule has 8 heteroatoms. The van der Waals surface area contributed by atoms with Crippen LogP contribution in [-0.2, 0) is 13.2 Å². The van der Waals surface area contributed by atoms with E-state index in [2.05, 4.69) is 9.72 Å². The minimum Gasteiger partial charge on any atom is -0.495 e. The second kappa shape index (κ2) is 5.19. The number of nitrogens with zero attached hydrogens (tertiary/aromatic N) is 1. The molecule has 0 amide bonds. The van der Waals surface area contributed by atoms with Gasteiger partial charge in [0.25, 0.3) is 0 Å². The molecule has 0 radical (unpaired) electrons. The van der Waals surface area contributed by atoms with Gasteiger partial charge in [0, 0.05) is 6.54 Å². The summed E-state index contributed by atoms with van der Waals surface area (Å²) < 4.78 is 45.2. The standard InChI is InChI=1S/C9H11F3N2O3/c1-16-7-3-14-6(4-15)8(5(7)2-13)17-9(10,11)12/h3,15H,2,4,13H2,1H3. The Balaban J connectivity index is 3.30. The van der Waals surface area contributed by atoms with Gasteiger partial charge in [-0.3, -0.25) is 4.98 Å². The van der Waals surface area contributed by atoms with E-state index < -0.39 is 18.7 Å². The topological polar surface area (TPSA) is 77.6 Å². The molecule has 1 aromatic heterocycles. The number of ether oxygens (including phenoxy) is 2. The average molecular weight is 252 g/mol. The molecule has 96 valence electrons. The van der Waals surface area contributed by atoms with Crippen LogP contribution in [0.4, 0.5) is 13.2 Å². The van der Waals surface area contributed by atoms with Crippen molar-refractivity contribution in [2.45, 2.75) is 19.5 Å². The average Bonchev–Trinajstić information content (AvgIpc) is 2.26. The van der Waals surface area contributed by atoms with E-state index >= 15 is 0 Å². The molecule has 0 aliphatic heterocycles. The van der Waals surface area contributed by atoms with E-state index in [9.17, 15) is 13.2 Å². The third-order valence-corrected chi connectivity index (χ3v) is 1.96. The van der Waals surface area contributed by atoms with Crippen molar-refractivity contribution >= 4 is 0 Å². The Morgan fingerprint density at radius 2 is 2.12 bits per heavy atom. The van der Waals surface area contributed by atoms with E-state index in [0.717, 1.165) is 0 Å². The lowest BCUT2D eigenvalue weighted by Crippen LogP contribution is -2.21. The van der Waals surface area contributed by atoms with Crippen LogP contribution in [0.3, 0.4) is 0 Å². The Morgan fingerprint density at radius 1 is 1.47 bits per heavy atom. The lowest BCUT2D eigenvalue weighted by molar-refractivity contribution is -0.275. The number of hydrogen-bond acceptors (Lipinski definition) is 5. The summed E-state index contributed by atoms with van der Waals surface area (Å²) in [5.41, 5.74) is 5.09. The molecule has 1 heterocycles. The third-order valence-electron chi connectivity index (χ3n) is 1.96. The van der Waals surface area contributed by atoms with Crippen LogP contribution in [0.15, 0.2) is 6.20 Å². The van der Waals surface area contributed by atoms with Gasteiger partial charge in [-0.05, 0) is 0 Å². The summed E-state index contributed by atoms with van der Waals surface area (Å²) in [5, 5.41) is 8.91. The number of aromatic nitrogens is 1. The Kier molecular flexibility index (Phi) is 4.13. The number of nitrogens with two attached hydrogens (primary N) is 1. The molecule has 0 fully saturated rings. The summed E-state index contributed by atoms with van der Waals surface area (Å²) in [7, 11) is 1.27. The number of halogens is 3. The summed E-state index contributed by atoms with van der Waals surface area (Å²) in [6.45, 7) is -0.924. The second-order valence-electron chi connectivity index (χ2n) is 2.99. The van der Waals surface area contributed by atoms with Gasteiger partial charge in [0.05, 0.1) is 25.5 Å². The Morgan fingerprint density at radius 3 is 2.53 bits per heavy atom. The highest BCUT2D eigenvalue weighted by Gasteiger charge is 2.34. The highest BCUT2D eigenvalue weighted by atomic mass is 19.4. The number of rotatable bonds is 4. The monoisotopic (exact) mass is 252 g/mol. The SMILES string of the molecule is COc1cnc(CO)c(OC(F)(F)F)c1CN. The van der Waals surface area contributed by atoms with E-state index in [1.165, 1.54) is 13.3 Å². The van der Waals surface area contributed by atoms with Crippen molar-refractivity contribution in [2.75, 3.05) is 7.11 Å². The minimum absolute atomic E-state index is 0.00359. The third kappa shape index (κ3) is 3.21. The maximum absolute atomic E-state index is 12.2. The summed E-state index contributed by atoms with van der Waals surface area (Å²) in [4.78, 5) is 3.61. The molecule has 17 heavy (non-hydrogen) atoms. The van der Waals surface area contributed by atoms with Crippen LogP contribution in [0, 0.1) is 0 Å². The van der Waals surface area contributed by atoms with E-state index in [1.54, 1.807) is 0 Å². The van der Waals surface area contributed by atoms with Crippen molar-refractivity contribution in [3.63, 3.8) is 0 Å². The normalized spacial score (nSPS) is 11.4. The summed E-state index contributed by atoms with van der Waals surface area (Å²) in [6.07, 6.45) is -3.71. The van der Waals surface area contributed by atoms with Gasteiger partial charge < -0.3 is 20.3 Å². The number of methoxy groups -OCH3 is 1. The largest absolute Gasteiger partial charge is 0.573 e. The molecule has 1 rings (SSSR count). The van der Waals surface area contributed by atoms with Gasteiger partial charge in [0.15, 0.2) is 5.75 Å². The van der Waals surface area contributed by atoms with Crippen molar-refractivity contribution < 1.29 is 27.8 Å². The van der Waals surface area contributed by atoms with E-state index in [4.69, 9.17) is 15.6 Å². The van der Waals surface area contributed by atoms with Gasteiger partial charge in [0.1, 0.15) is 11.4 Å². The molecule has 0 atom stereocenters. The first-order chi connectivity index (χ1) is 7.92. The van der Waals surface area contributed by atoms with Gasteiger partial charge in [-0.25, -0.2) is 0 Å². The zero-order valence-corrected chi connectivity index (χ0v) is 8.91. The maximum atomic E-state index is 12.2. The molecule has 3 N–H and O–H groups in total. The number of aliphatic hydroxyl groups excluding tert-OH is 1. The molecule has 0 bridgehead atoms.